The Kier molecular flexibility index (Phi) is 6.91. The summed E-state index contributed by atoms with van der Waals surface area (Å²) in [5, 5.41) is 5.57. The standard InChI is InChI=1S/C21H25N5O3/c22-9-12-24-20(28)17-5-1-2-6-18(17)25-19(27)16-4-3-13-26(14-16)21(29)15-7-10-23-11-8-15/h1-2,5-8,10-11,16H,3-4,9,12-14,22H2,(H,24,28)(H,25,27). The van der Waals surface area contributed by atoms with Crippen molar-refractivity contribution in [1.29, 1.82) is 0 Å². The van der Waals surface area contributed by atoms with Crippen LogP contribution in [0.4, 0.5) is 5.69 Å². The van der Waals surface area contributed by atoms with Crippen molar-refractivity contribution in [3.05, 3.63) is 59.9 Å². The van der Waals surface area contributed by atoms with Crippen molar-refractivity contribution in [3.8, 4) is 0 Å². The second-order valence-electron chi connectivity index (χ2n) is 6.91. The molecule has 29 heavy (non-hydrogen) atoms. The fraction of sp³-hybridized carbons (Fsp3) is 0.333. The monoisotopic (exact) mass is 395 g/mol. The van der Waals surface area contributed by atoms with E-state index in [1.165, 1.54) is 0 Å². The van der Waals surface area contributed by atoms with Gasteiger partial charge in [-0.25, -0.2) is 0 Å². The third-order valence-corrected chi connectivity index (χ3v) is 4.87. The number of nitrogens with zero attached hydrogens (tertiary/aromatic N) is 2. The van der Waals surface area contributed by atoms with Gasteiger partial charge in [-0.2, -0.15) is 0 Å². The van der Waals surface area contributed by atoms with E-state index >= 15 is 0 Å². The Balaban J connectivity index is 1.67. The number of nitrogens with one attached hydrogen (secondary N) is 2. The number of amides is 3. The van der Waals surface area contributed by atoms with Crippen LogP contribution in [0.5, 0.6) is 0 Å². The van der Waals surface area contributed by atoms with E-state index in [-0.39, 0.29) is 23.6 Å². The lowest BCUT2D eigenvalue weighted by atomic mass is 9.96. The molecule has 1 aliphatic rings. The minimum absolute atomic E-state index is 0.105. The van der Waals surface area contributed by atoms with Crippen LogP contribution >= 0.6 is 0 Å². The van der Waals surface area contributed by atoms with E-state index in [2.05, 4.69) is 15.6 Å². The zero-order chi connectivity index (χ0) is 20.6. The molecule has 4 N–H and O–H groups in total. The molecule has 0 saturated carbocycles. The van der Waals surface area contributed by atoms with Crippen LogP contribution in [-0.2, 0) is 4.79 Å². The van der Waals surface area contributed by atoms with Crippen molar-refractivity contribution >= 4 is 23.4 Å². The summed E-state index contributed by atoms with van der Waals surface area (Å²) >= 11 is 0. The Morgan fingerprint density at radius 1 is 1.14 bits per heavy atom. The number of carbonyl (C=O) groups excluding carboxylic acids is 3. The maximum absolute atomic E-state index is 12.9. The number of hydrogen-bond acceptors (Lipinski definition) is 5. The fourth-order valence-corrected chi connectivity index (χ4v) is 3.36. The SMILES string of the molecule is NCCNC(=O)c1ccccc1NC(=O)C1CCCN(C(=O)c2ccncc2)C1. The third kappa shape index (κ3) is 5.17. The Labute approximate surface area is 169 Å². The van der Waals surface area contributed by atoms with Crippen LogP contribution in [0, 0.1) is 5.92 Å². The highest BCUT2D eigenvalue weighted by atomic mass is 16.2. The number of likely N-dealkylation sites (tertiary alicyclic amines) is 1. The molecule has 1 saturated heterocycles. The highest BCUT2D eigenvalue weighted by Gasteiger charge is 2.29. The van der Waals surface area contributed by atoms with E-state index in [1.54, 1.807) is 53.7 Å². The average Bonchev–Trinajstić information content (AvgIpc) is 2.78. The Hall–Kier alpha value is -3.26. The molecular weight excluding hydrogens is 370 g/mol. The Morgan fingerprint density at radius 3 is 2.66 bits per heavy atom. The highest BCUT2D eigenvalue weighted by molar-refractivity contribution is 6.04. The van der Waals surface area contributed by atoms with E-state index in [0.717, 1.165) is 6.42 Å². The quantitative estimate of drug-likeness (QED) is 0.681. The lowest BCUT2D eigenvalue weighted by Crippen LogP contribution is -2.44. The molecule has 8 nitrogen and oxygen atoms in total. The number of piperidine rings is 1. The predicted octanol–water partition coefficient (Wildman–Crippen LogP) is 1.26. The van der Waals surface area contributed by atoms with Crippen molar-refractivity contribution in [2.45, 2.75) is 12.8 Å². The number of para-hydroxylation sites is 1. The molecule has 1 atom stereocenters. The summed E-state index contributed by atoms with van der Waals surface area (Å²) < 4.78 is 0. The molecule has 152 valence electrons. The van der Waals surface area contributed by atoms with Crippen molar-refractivity contribution in [3.63, 3.8) is 0 Å². The molecule has 0 aliphatic carbocycles. The number of pyridine rings is 1. The minimum Gasteiger partial charge on any atom is -0.351 e. The predicted molar refractivity (Wildman–Crippen MR) is 109 cm³/mol. The fourth-order valence-electron chi connectivity index (χ4n) is 3.36. The normalized spacial score (nSPS) is 16.2. The van der Waals surface area contributed by atoms with E-state index in [4.69, 9.17) is 5.73 Å². The van der Waals surface area contributed by atoms with Gasteiger partial charge in [0.25, 0.3) is 11.8 Å². The molecule has 1 aromatic heterocycles. The van der Waals surface area contributed by atoms with Gasteiger partial charge in [-0.1, -0.05) is 12.1 Å². The lowest BCUT2D eigenvalue weighted by Gasteiger charge is -2.32. The van der Waals surface area contributed by atoms with Gasteiger partial charge in [-0.15, -0.1) is 0 Å². The van der Waals surface area contributed by atoms with Crippen LogP contribution in [0.25, 0.3) is 0 Å². The first-order valence-corrected chi connectivity index (χ1v) is 9.67. The number of aromatic nitrogens is 1. The van der Waals surface area contributed by atoms with E-state index in [1.807, 2.05) is 0 Å². The van der Waals surface area contributed by atoms with Crippen molar-refractivity contribution in [2.75, 3.05) is 31.5 Å². The molecule has 1 fully saturated rings. The summed E-state index contributed by atoms with van der Waals surface area (Å²) in [7, 11) is 0. The highest BCUT2D eigenvalue weighted by Crippen LogP contribution is 2.22. The number of hydrogen-bond donors (Lipinski definition) is 3. The van der Waals surface area contributed by atoms with Gasteiger partial charge in [0.1, 0.15) is 0 Å². The average molecular weight is 395 g/mol. The van der Waals surface area contributed by atoms with Crippen LogP contribution in [0.3, 0.4) is 0 Å². The molecule has 1 aliphatic heterocycles. The molecule has 3 rings (SSSR count). The van der Waals surface area contributed by atoms with Gasteiger partial charge in [0.15, 0.2) is 0 Å². The maximum atomic E-state index is 12.9. The largest absolute Gasteiger partial charge is 0.351 e. The van der Waals surface area contributed by atoms with Crippen LogP contribution in [0.1, 0.15) is 33.6 Å². The summed E-state index contributed by atoms with van der Waals surface area (Å²) in [5.74, 6) is -0.929. The lowest BCUT2D eigenvalue weighted by molar-refractivity contribution is -0.121. The van der Waals surface area contributed by atoms with Crippen molar-refractivity contribution in [1.82, 2.24) is 15.2 Å². The Morgan fingerprint density at radius 2 is 1.90 bits per heavy atom. The number of nitrogens with two attached hydrogens (primary N) is 1. The molecule has 0 spiro atoms. The van der Waals surface area contributed by atoms with Crippen molar-refractivity contribution < 1.29 is 14.4 Å². The molecule has 0 bridgehead atoms. The summed E-state index contributed by atoms with van der Waals surface area (Å²) in [4.78, 5) is 43.5. The number of benzene rings is 1. The summed E-state index contributed by atoms with van der Waals surface area (Å²) in [6, 6.07) is 10.2. The van der Waals surface area contributed by atoms with Crippen molar-refractivity contribution in [2.24, 2.45) is 11.7 Å². The minimum atomic E-state index is -0.338. The molecule has 2 heterocycles. The molecule has 1 unspecified atom stereocenters. The molecule has 1 aromatic carbocycles. The zero-order valence-corrected chi connectivity index (χ0v) is 16.1. The van der Waals surface area contributed by atoms with Gasteiger partial charge >= 0.3 is 0 Å². The smallest absolute Gasteiger partial charge is 0.253 e. The Bertz CT molecular complexity index is 872. The van der Waals surface area contributed by atoms with Crippen LogP contribution in [0.15, 0.2) is 48.8 Å². The second kappa shape index (κ2) is 9.79. The molecule has 8 heteroatoms. The van der Waals surface area contributed by atoms with E-state index in [0.29, 0.717) is 49.4 Å². The van der Waals surface area contributed by atoms with Gasteiger partial charge in [0, 0.05) is 44.1 Å². The van der Waals surface area contributed by atoms with Gasteiger partial charge in [0.2, 0.25) is 5.91 Å². The van der Waals surface area contributed by atoms with Gasteiger partial charge in [-0.3, -0.25) is 19.4 Å². The molecule has 3 amide bonds. The van der Waals surface area contributed by atoms with Crippen LogP contribution in [0.2, 0.25) is 0 Å². The zero-order valence-electron chi connectivity index (χ0n) is 16.1. The van der Waals surface area contributed by atoms with Crippen LogP contribution < -0.4 is 16.4 Å². The molecule has 0 radical (unpaired) electrons. The summed E-state index contributed by atoms with van der Waals surface area (Å²) in [6.07, 6.45) is 4.59. The molecule has 2 aromatic rings. The van der Waals surface area contributed by atoms with Crippen LogP contribution in [-0.4, -0.2) is 53.8 Å². The third-order valence-electron chi connectivity index (χ3n) is 4.87. The summed E-state index contributed by atoms with van der Waals surface area (Å²) in [5.41, 5.74) is 6.82. The van der Waals surface area contributed by atoms with Gasteiger partial charge < -0.3 is 21.3 Å². The second-order valence-corrected chi connectivity index (χ2v) is 6.91. The van der Waals surface area contributed by atoms with Gasteiger partial charge in [-0.05, 0) is 37.1 Å². The molecular formula is C21H25N5O3. The number of anilines is 1. The maximum Gasteiger partial charge on any atom is 0.253 e. The topological polar surface area (TPSA) is 117 Å². The first kappa shape index (κ1) is 20.5. The van der Waals surface area contributed by atoms with E-state index < -0.39 is 0 Å². The first-order chi connectivity index (χ1) is 14.1. The summed E-state index contributed by atoms with van der Waals surface area (Å²) in [6.45, 7) is 1.65. The number of carbonyl (C=O) groups is 3. The van der Waals surface area contributed by atoms with E-state index in [9.17, 15) is 14.4 Å². The number of rotatable bonds is 6. The van der Waals surface area contributed by atoms with Gasteiger partial charge in [0.05, 0.1) is 17.2 Å². The first-order valence-electron chi connectivity index (χ1n) is 9.67.